The van der Waals surface area contributed by atoms with Gasteiger partial charge in [-0.3, -0.25) is 0 Å². The Kier molecular flexibility index (Phi) is 3.50. The summed E-state index contributed by atoms with van der Waals surface area (Å²) in [6.07, 6.45) is 0.887. The third-order valence-corrected chi connectivity index (χ3v) is 4.40. The van der Waals surface area contributed by atoms with E-state index in [9.17, 15) is 0 Å². The lowest BCUT2D eigenvalue weighted by molar-refractivity contribution is 0.180. The molecule has 0 fully saturated rings. The largest absolute Gasteiger partial charge is 0.483 e. The van der Waals surface area contributed by atoms with Crippen LogP contribution in [0, 0.1) is 0 Å². The van der Waals surface area contributed by atoms with Crippen LogP contribution in [0.3, 0.4) is 0 Å². The number of hydrogen-bond acceptors (Lipinski definition) is 5. The smallest absolute Gasteiger partial charge is 0.154 e. The first-order valence-electron chi connectivity index (χ1n) is 6.24. The van der Waals surface area contributed by atoms with E-state index in [1.807, 2.05) is 18.2 Å². The maximum Gasteiger partial charge on any atom is 0.154 e. The number of rotatable bonds is 4. The van der Waals surface area contributed by atoms with Crippen molar-refractivity contribution in [2.45, 2.75) is 25.7 Å². The van der Waals surface area contributed by atoms with Crippen molar-refractivity contribution in [2.75, 3.05) is 7.11 Å². The summed E-state index contributed by atoms with van der Waals surface area (Å²) in [5.41, 5.74) is 7.93. The molecule has 4 nitrogen and oxygen atoms in total. The molecule has 0 bridgehead atoms. The SMILES string of the molecule is COCc1nc(C2Cc3ccccc3O2)sc1CN. The average Bonchev–Trinajstić information content (AvgIpc) is 3.02. The van der Waals surface area contributed by atoms with E-state index in [0.717, 1.165) is 27.7 Å². The highest BCUT2D eigenvalue weighted by atomic mass is 32.1. The molecule has 100 valence electrons. The highest BCUT2D eigenvalue weighted by Gasteiger charge is 2.27. The summed E-state index contributed by atoms with van der Waals surface area (Å²) in [5.74, 6) is 0.963. The molecular formula is C14H16N2O2S. The molecule has 1 unspecified atom stereocenters. The number of ether oxygens (including phenoxy) is 2. The van der Waals surface area contributed by atoms with Crippen LogP contribution in [0.15, 0.2) is 24.3 Å². The zero-order valence-electron chi connectivity index (χ0n) is 10.8. The second-order valence-electron chi connectivity index (χ2n) is 4.48. The Morgan fingerprint density at radius 3 is 3.05 bits per heavy atom. The van der Waals surface area contributed by atoms with Gasteiger partial charge in [-0.25, -0.2) is 4.98 Å². The maximum atomic E-state index is 5.95. The zero-order valence-corrected chi connectivity index (χ0v) is 11.6. The first-order valence-corrected chi connectivity index (χ1v) is 7.05. The van der Waals surface area contributed by atoms with Crippen molar-refractivity contribution in [1.29, 1.82) is 0 Å². The lowest BCUT2D eigenvalue weighted by Crippen LogP contribution is -2.03. The van der Waals surface area contributed by atoms with E-state index >= 15 is 0 Å². The third kappa shape index (κ3) is 2.36. The van der Waals surface area contributed by atoms with Crippen LogP contribution >= 0.6 is 11.3 Å². The van der Waals surface area contributed by atoms with Gasteiger partial charge in [0.2, 0.25) is 0 Å². The monoisotopic (exact) mass is 276 g/mol. The highest BCUT2D eigenvalue weighted by molar-refractivity contribution is 7.11. The molecule has 19 heavy (non-hydrogen) atoms. The standard InChI is InChI=1S/C14H16N2O2S/c1-17-8-10-13(7-15)19-14(16-10)12-6-9-4-2-3-5-11(9)18-12/h2-5,12H,6-8,15H2,1H3. The van der Waals surface area contributed by atoms with Gasteiger partial charge < -0.3 is 15.2 Å². The maximum absolute atomic E-state index is 5.95. The molecule has 1 aromatic carbocycles. The zero-order chi connectivity index (χ0) is 13.2. The molecule has 1 aliphatic rings. The fourth-order valence-corrected chi connectivity index (χ4v) is 3.25. The Morgan fingerprint density at radius 2 is 2.32 bits per heavy atom. The Morgan fingerprint density at radius 1 is 1.47 bits per heavy atom. The van der Waals surface area contributed by atoms with Gasteiger partial charge in [0.1, 0.15) is 10.8 Å². The number of thiazole rings is 1. The lowest BCUT2D eigenvalue weighted by atomic mass is 10.1. The summed E-state index contributed by atoms with van der Waals surface area (Å²) in [7, 11) is 1.67. The Bertz CT molecular complexity index is 558. The molecule has 1 aliphatic heterocycles. The first kappa shape index (κ1) is 12.6. The Balaban J connectivity index is 1.85. The number of fused-ring (bicyclic) bond motifs is 1. The number of nitrogens with zero attached hydrogens (tertiary/aromatic N) is 1. The van der Waals surface area contributed by atoms with Crippen molar-refractivity contribution < 1.29 is 9.47 Å². The van der Waals surface area contributed by atoms with Gasteiger partial charge in [0, 0.05) is 25.0 Å². The molecular weight excluding hydrogens is 260 g/mol. The van der Waals surface area contributed by atoms with Crippen LogP contribution in [0.1, 0.15) is 27.2 Å². The van der Waals surface area contributed by atoms with E-state index in [0.29, 0.717) is 13.2 Å². The molecule has 0 saturated carbocycles. The van der Waals surface area contributed by atoms with Crippen LogP contribution < -0.4 is 10.5 Å². The summed E-state index contributed by atoms with van der Waals surface area (Å²) in [4.78, 5) is 5.70. The summed E-state index contributed by atoms with van der Waals surface area (Å²) in [5, 5.41) is 0.990. The van der Waals surface area contributed by atoms with Crippen LogP contribution in [0.4, 0.5) is 0 Å². The van der Waals surface area contributed by atoms with Gasteiger partial charge in [0.15, 0.2) is 6.10 Å². The van der Waals surface area contributed by atoms with Crippen LogP contribution in [-0.2, 0) is 24.3 Å². The summed E-state index contributed by atoms with van der Waals surface area (Å²) in [6, 6.07) is 8.13. The summed E-state index contributed by atoms with van der Waals surface area (Å²) >= 11 is 1.63. The number of nitrogens with two attached hydrogens (primary N) is 1. The van der Waals surface area contributed by atoms with Crippen molar-refractivity contribution in [2.24, 2.45) is 5.73 Å². The number of aromatic nitrogens is 1. The molecule has 2 heterocycles. The summed E-state index contributed by atoms with van der Waals surface area (Å²) in [6.45, 7) is 0.999. The predicted molar refractivity (Wildman–Crippen MR) is 74.2 cm³/mol. The van der Waals surface area contributed by atoms with Gasteiger partial charge in [0.05, 0.1) is 12.3 Å². The number of methoxy groups -OCH3 is 1. The van der Waals surface area contributed by atoms with Crippen LogP contribution in [0.2, 0.25) is 0 Å². The minimum atomic E-state index is 0.0123. The molecule has 5 heteroatoms. The Hall–Kier alpha value is -1.43. The van der Waals surface area contributed by atoms with Crippen LogP contribution in [0.5, 0.6) is 5.75 Å². The molecule has 0 saturated heterocycles. The first-order chi connectivity index (χ1) is 9.31. The molecule has 1 aromatic heterocycles. The molecule has 0 spiro atoms. The van der Waals surface area contributed by atoms with E-state index < -0.39 is 0 Å². The van der Waals surface area contributed by atoms with Crippen molar-refractivity contribution in [3.05, 3.63) is 45.4 Å². The normalized spacial score (nSPS) is 17.3. The Labute approximate surface area is 116 Å². The lowest BCUT2D eigenvalue weighted by Gasteiger charge is -2.06. The van der Waals surface area contributed by atoms with E-state index in [1.165, 1.54) is 5.56 Å². The van der Waals surface area contributed by atoms with Crippen molar-refractivity contribution >= 4 is 11.3 Å². The van der Waals surface area contributed by atoms with Crippen molar-refractivity contribution in [1.82, 2.24) is 4.98 Å². The average molecular weight is 276 g/mol. The van der Waals surface area contributed by atoms with E-state index in [2.05, 4.69) is 11.1 Å². The van der Waals surface area contributed by atoms with Gasteiger partial charge in [0.25, 0.3) is 0 Å². The minimum absolute atomic E-state index is 0.0123. The molecule has 2 N–H and O–H groups in total. The van der Waals surface area contributed by atoms with Crippen molar-refractivity contribution in [3.63, 3.8) is 0 Å². The fourth-order valence-electron chi connectivity index (χ4n) is 2.27. The quantitative estimate of drug-likeness (QED) is 0.931. The molecule has 3 rings (SSSR count). The van der Waals surface area contributed by atoms with Gasteiger partial charge in [-0.1, -0.05) is 18.2 Å². The van der Waals surface area contributed by atoms with E-state index in [4.69, 9.17) is 15.2 Å². The van der Waals surface area contributed by atoms with E-state index in [-0.39, 0.29) is 6.10 Å². The minimum Gasteiger partial charge on any atom is -0.483 e. The molecule has 1 atom stereocenters. The number of benzene rings is 1. The number of para-hydroxylation sites is 1. The van der Waals surface area contributed by atoms with Crippen LogP contribution in [-0.4, -0.2) is 12.1 Å². The van der Waals surface area contributed by atoms with Gasteiger partial charge >= 0.3 is 0 Å². The van der Waals surface area contributed by atoms with Gasteiger partial charge in [-0.15, -0.1) is 11.3 Å². The molecule has 0 amide bonds. The van der Waals surface area contributed by atoms with Gasteiger partial charge in [-0.2, -0.15) is 0 Å². The molecule has 0 aliphatic carbocycles. The molecule has 2 aromatic rings. The topological polar surface area (TPSA) is 57.4 Å². The fraction of sp³-hybridized carbons (Fsp3) is 0.357. The highest BCUT2D eigenvalue weighted by Crippen LogP contribution is 2.38. The predicted octanol–water partition coefficient (Wildman–Crippen LogP) is 2.42. The van der Waals surface area contributed by atoms with E-state index in [1.54, 1.807) is 18.4 Å². The van der Waals surface area contributed by atoms with Gasteiger partial charge in [-0.05, 0) is 11.6 Å². The summed E-state index contributed by atoms with van der Waals surface area (Å²) < 4.78 is 11.1. The second kappa shape index (κ2) is 5.28. The second-order valence-corrected chi connectivity index (χ2v) is 5.59. The molecule has 0 radical (unpaired) electrons. The number of hydrogen-bond donors (Lipinski definition) is 1. The van der Waals surface area contributed by atoms with Crippen molar-refractivity contribution in [3.8, 4) is 5.75 Å². The van der Waals surface area contributed by atoms with Crippen LogP contribution in [0.25, 0.3) is 0 Å². The third-order valence-electron chi connectivity index (χ3n) is 3.18.